The molecule has 2 aromatic carbocycles. The van der Waals surface area contributed by atoms with E-state index in [0.29, 0.717) is 40.5 Å². The number of anilines is 2. The van der Waals surface area contributed by atoms with Gasteiger partial charge in [-0.25, -0.2) is 0 Å². The van der Waals surface area contributed by atoms with Crippen molar-refractivity contribution in [2.45, 2.75) is 20.3 Å². The number of nitrogens with zero attached hydrogens (tertiary/aromatic N) is 2. The van der Waals surface area contributed by atoms with Gasteiger partial charge in [0, 0.05) is 16.9 Å². The quantitative estimate of drug-likeness (QED) is 0.629. The Morgan fingerprint density at radius 1 is 0.929 bits per heavy atom. The maximum atomic E-state index is 12.4. The van der Waals surface area contributed by atoms with Gasteiger partial charge in [0.15, 0.2) is 0 Å². The molecule has 28 heavy (non-hydrogen) atoms. The molecule has 2 amide bonds. The van der Waals surface area contributed by atoms with Gasteiger partial charge >= 0.3 is 0 Å². The van der Waals surface area contributed by atoms with E-state index in [-0.39, 0.29) is 11.8 Å². The lowest BCUT2D eigenvalue weighted by molar-refractivity contribution is 0.102. The van der Waals surface area contributed by atoms with E-state index in [4.69, 9.17) is 4.74 Å². The van der Waals surface area contributed by atoms with Crippen molar-refractivity contribution >= 4 is 34.7 Å². The molecule has 0 aliphatic carbocycles. The Balaban J connectivity index is 1.61. The number of carbonyl (C=O) groups excluding carboxylic acids is 2. The van der Waals surface area contributed by atoms with E-state index in [1.54, 1.807) is 48.5 Å². The molecule has 0 spiro atoms. The maximum absolute atomic E-state index is 12.4. The molecule has 0 fully saturated rings. The standard InChI is InChI=1S/C20H20N4O3S/c1-3-17-18(28-24-23-17)20(26)22-14-7-5-13(6-8-14)19(25)21-15-9-11-16(12-10-15)27-4-2/h5-12H,3-4H2,1-2H3,(H,21,25)(H,22,26). The van der Waals surface area contributed by atoms with E-state index in [2.05, 4.69) is 20.2 Å². The number of carbonyl (C=O) groups is 2. The summed E-state index contributed by atoms with van der Waals surface area (Å²) in [6.07, 6.45) is 0.643. The zero-order chi connectivity index (χ0) is 19.9. The van der Waals surface area contributed by atoms with Crippen LogP contribution in [-0.2, 0) is 6.42 Å². The summed E-state index contributed by atoms with van der Waals surface area (Å²) in [4.78, 5) is 25.2. The summed E-state index contributed by atoms with van der Waals surface area (Å²) >= 11 is 1.07. The number of nitrogens with one attached hydrogen (secondary N) is 2. The molecule has 8 heteroatoms. The van der Waals surface area contributed by atoms with Crippen LogP contribution in [0.5, 0.6) is 5.75 Å². The summed E-state index contributed by atoms with van der Waals surface area (Å²) in [6.45, 7) is 4.43. The van der Waals surface area contributed by atoms with Crippen molar-refractivity contribution in [1.29, 1.82) is 0 Å². The van der Waals surface area contributed by atoms with Gasteiger partial charge in [-0.1, -0.05) is 11.4 Å². The molecule has 2 N–H and O–H groups in total. The van der Waals surface area contributed by atoms with Crippen LogP contribution in [0.2, 0.25) is 0 Å². The Hall–Kier alpha value is -3.26. The molecular formula is C20H20N4O3S. The fourth-order valence-corrected chi connectivity index (χ4v) is 3.16. The predicted octanol–water partition coefficient (Wildman–Crippen LogP) is 4.00. The Labute approximate surface area is 166 Å². The zero-order valence-electron chi connectivity index (χ0n) is 15.6. The van der Waals surface area contributed by atoms with Crippen LogP contribution in [0.4, 0.5) is 11.4 Å². The van der Waals surface area contributed by atoms with Crippen LogP contribution in [0.1, 0.15) is 39.6 Å². The first-order valence-electron chi connectivity index (χ1n) is 8.87. The third-order valence-electron chi connectivity index (χ3n) is 3.93. The van der Waals surface area contributed by atoms with Crippen LogP contribution >= 0.6 is 11.5 Å². The van der Waals surface area contributed by atoms with Gasteiger partial charge in [-0.05, 0) is 73.4 Å². The highest BCUT2D eigenvalue weighted by atomic mass is 32.1. The Kier molecular flexibility index (Phi) is 6.33. The van der Waals surface area contributed by atoms with Crippen molar-refractivity contribution in [2.24, 2.45) is 0 Å². The molecule has 1 heterocycles. The van der Waals surface area contributed by atoms with Crippen LogP contribution in [0.15, 0.2) is 48.5 Å². The van der Waals surface area contributed by atoms with Crippen molar-refractivity contribution in [3.05, 3.63) is 64.7 Å². The molecule has 0 bridgehead atoms. The minimum absolute atomic E-state index is 0.234. The summed E-state index contributed by atoms with van der Waals surface area (Å²) < 4.78 is 9.20. The molecular weight excluding hydrogens is 376 g/mol. The van der Waals surface area contributed by atoms with E-state index in [1.165, 1.54) is 0 Å². The third-order valence-corrected chi connectivity index (χ3v) is 4.69. The monoisotopic (exact) mass is 396 g/mol. The van der Waals surface area contributed by atoms with Crippen LogP contribution in [0.3, 0.4) is 0 Å². The van der Waals surface area contributed by atoms with Gasteiger partial charge in [0.1, 0.15) is 10.6 Å². The lowest BCUT2D eigenvalue weighted by atomic mass is 10.2. The maximum Gasteiger partial charge on any atom is 0.269 e. The van der Waals surface area contributed by atoms with Gasteiger partial charge in [-0.3, -0.25) is 9.59 Å². The molecule has 0 aliphatic heterocycles. The van der Waals surface area contributed by atoms with Crippen molar-refractivity contribution in [3.8, 4) is 5.75 Å². The number of aromatic nitrogens is 2. The van der Waals surface area contributed by atoms with E-state index < -0.39 is 0 Å². The topological polar surface area (TPSA) is 93.2 Å². The first-order valence-corrected chi connectivity index (χ1v) is 9.65. The fourth-order valence-electron chi connectivity index (χ4n) is 2.51. The number of amides is 2. The number of benzene rings is 2. The molecule has 0 unspecified atom stereocenters. The molecule has 0 saturated heterocycles. The molecule has 3 rings (SSSR count). The highest BCUT2D eigenvalue weighted by molar-refractivity contribution is 7.08. The van der Waals surface area contributed by atoms with Crippen molar-refractivity contribution in [1.82, 2.24) is 9.59 Å². The number of aryl methyl sites for hydroxylation is 1. The van der Waals surface area contributed by atoms with E-state index in [1.807, 2.05) is 13.8 Å². The number of hydrogen-bond acceptors (Lipinski definition) is 6. The van der Waals surface area contributed by atoms with Crippen LogP contribution in [0, 0.1) is 0 Å². The first kappa shape index (κ1) is 19.5. The van der Waals surface area contributed by atoms with Gasteiger partial charge in [0.25, 0.3) is 11.8 Å². The van der Waals surface area contributed by atoms with Crippen LogP contribution < -0.4 is 15.4 Å². The molecule has 1 aromatic heterocycles. The SMILES string of the molecule is CCOc1ccc(NC(=O)c2ccc(NC(=O)c3snnc3CC)cc2)cc1. The second kappa shape index (κ2) is 9.09. The lowest BCUT2D eigenvalue weighted by Crippen LogP contribution is -2.14. The summed E-state index contributed by atoms with van der Waals surface area (Å²) in [6, 6.07) is 13.9. The second-order valence-corrected chi connectivity index (χ2v) is 6.60. The van der Waals surface area contributed by atoms with Crippen molar-refractivity contribution in [3.63, 3.8) is 0 Å². The van der Waals surface area contributed by atoms with E-state index >= 15 is 0 Å². The molecule has 0 saturated carbocycles. The smallest absolute Gasteiger partial charge is 0.269 e. The first-order chi connectivity index (χ1) is 13.6. The predicted molar refractivity (Wildman–Crippen MR) is 109 cm³/mol. The Morgan fingerprint density at radius 2 is 1.54 bits per heavy atom. The number of ether oxygens (including phenoxy) is 1. The minimum Gasteiger partial charge on any atom is -0.494 e. The normalized spacial score (nSPS) is 10.4. The Bertz CT molecular complexity index is 952. The van der Waals surface area contributed by atoms with Crippen molar-refractivity contribution in [2.75, 3.05) is 17.2 Å². The highest BCUT2D eigenvalue weighted by Gasteiger charge is 2.15. The van der Waals surface area contributed by atoms with Crippen LogP contribution in [-0.4, -0.2) is 28.0 Å². The highest BCUT2D eigenvalue weighted by Crippen LogP contribution is 2.18. The average Bonchev–Trinajstić information content (AvgIpc) is 3.19. The fraction of sp³-hybridized carbons (Fsp3) is 0.200. The average molecular weight is 396 g/mol. The summed E-state index contributed by atoms with van der Waals surface area (Å²) in [5.74, 6) is 0.267. The molecule has 3 aromatic rings. The minimum atomic E-state index is -0.251. The van der Waals surface area contributed by atoms with E-state index in [9.17, 15) is 9.59 Å². The van der Waals surface area contributed by atoms with E-state index in [0.717, 1.165) is 17.3 Å². The number of rotatable bonds is 7. The van der Waals surface area contributed by atoms with Gasteiger partial charge in [0.2, 0.25) is 0 Å². The van der Waals surface area contributed by atoms with Gasteiger partial charge < -0.3 is 15.4 Å². The second-order valence-electron chi connectivity index (χ2n) is 5.85. The van der Waals surface area contributed by atoms with Gasteiger partial charge in [-0.15, -0.1) is 5.10 Å². The third kappa shape index (κ3) is 4.72. The summed E-state index contributed by atoms with van der Waals surface area (Å²) in [5.41, 5.74) is 2.43. The summed E-state index contributed by atoms with van der Waals surface area (Å²) in [7, 11) is 0. The molecule has 144 valence electrons. The lowest BCUT2D eigenvalue weighted by Gasteiger charge is -2.08. The molecule has 0 radical (unpaired) electrons. The molecule has 0 aliphatic rings. The van der Waals surface area contributed by atoms with Gasteiger partial charge in [-0.2, -0.15) is 0 Å². The molecule has 7 nitrogen and oxygen atoms in total. The van der Waals surface area contributed by atoms with Crippen LogP contribution in [0.25, 0.3) is 0 Å². The largest absolute Gasteiger partial charge is 0.494 e. The van der Waals surface area contributed by atoms with Gasteiger partial charge in [0.05, 0.1) is 12.3 Å². The number of hydrogen-bond donors (Lipinski definition) is 2. The van der Waals surface area contributed by atoms with Crippen molar-refractivity contribution < 1.29 is 14.3 Å². The molecule has 0 atom stereocenters. The zero-order valence-corrected chi connectivity index (χ0v) is 16.4. The Morgan fingerprint density at radius 3 is 2.14 bits per heavy atom. The summed E-state index contributed by atoms with van der Waals surface area (Å²) in [5, 5.41) is 9.56.